The number of azide groups is 1. The van der Waals surface area contributed by atoms with Gasteiger partial charge in [-0.25, -0.2) is 4.79 Å². The highest BCUT2D eigenvalue weighted by Crippen LogP contribution is 2.44. The van der Waals surface area contributed by atoms with Crippen molar-refractivity contribution in [1.82, 2.24) is 5.32 Å². The summed E-state index contributed by atoms with van der Waals surface area (Å²) in [6.45, 7) is 7.54. The van der Waals surface area contributed by atoms with Crippen LogP contribution in [-0.4, -0.2) is 37.4 Å². The Labute approximate surface area is 136 Å². The van der Waals surface area contributed by atoms with Gasteiger partial charge in [-0.2, -0.15) is 0 Å². The predicted molar refractivity (Wildman–Crippen MR) is 84.6 cm³/mol. The lowest BCUT2D eigenvalue weighted by Gasteiger charge is -2.25. The Morgan fingerprint density at radius 3 is 2.57 bits per heavy atom. The molecule has 2 unspecified atom stereocenters. The fourth-order valence-corrected chi connectivity index (χ4v) is 2.54. The van der Waals surface area contributed by atoms with Crippen LogP contribution in [0.25, 0.3) is 10.4 Å². The number of hydrogen-bond acceptors (Lipinski definition) is 5. The molecule has 1 N–H and O–H groups in total. The Morgan fingerprint density at radius 2 is 2.04 bits per heavy atom. The highest BCUT2D eigenvalue weighted by Gasteiger charge is 2.41. The molecular formula is C15H26N4O4. The standard InChI is InChI=1S/C15H26N4O4/c1-9(18-14(21)23-15(2,3)4)12(13(20)22-5)7-10-6-11(10)8-17-19-16/h9-12H,6-8H2,1-5H3,(H,18,21)/t9-,10?,11?,12-/m1/s1. The number of ether oxygens (including phenoxy) is 2. The van der Waals surface area contributed by atoms with Crippen LogP contribution in [0.1, 0.15) is 40.5 Å². The fourth-order valence-electron chi connectivity index (χ4n) is 2.54. The molecule has 1 amide bonds. The summed E-state index contributed by atoms with van der Waals surface area (Å²) >= 11 is 0. The van der Waals surface area contributed by atoms with Gasteiger partial charge in [0.25, 0.3) is 0 Å². The fraction of sp³-hybridized carbons (Fsp3) is 0.867. The zero-order valence-electron chi connectivity index (χ0n) is 14.4. The van der Waals surface area contributed by atoms with Crippen LogP contribution in [-0.2, 0) is 14.3 Å². The van der Waals surface area contributed by atoms with E-state index < -0.39 is 23.7 Å². The monoisotopic (exact) mass is 326 g/mol. The Balaban J connectivity index is 2.58. The van der Waals surface area contributed by atoms with Crippen LogP contribution in [0, 0.1) is 17.8 Å². The number of carbonyl (C=O) groups is 2. The molecule has 23 heavy (non-hydrogen) atoms. The van der Waals surface area contributed by atoms with Crippen LogP contribution in [0.3, 0.4) is 0 Å². The zero-order chi connectivity index (χ0) is 17.6. The number of nitrogens with zero attached hydrogens (tertiary/aromatic N) is 3. The van der Waals surface area contributed by atoms with Gasteiger partial charge in [-0.15, -0.1) is 0 Å². The van der Waals surface area contributed by atoms with Gasteiger partial charge in [-0.1, -0.05) is 5.11 Å². The van der Waals surface area contributed by atoms with E-state index in [1.165, 1.54) is 7.11 Å². The third-order valence-electron chi connectivity index (χ3n) is 3.86. The number of amides is 1. The van der Waals surface area contributed by atoms with Crippen molar-refractivity contribution in [3.63, 3.8) is 0 Å². The molecule has 130 valence electrons. The summed E-state index contributed by atoms with van der Waals surface area (Å²) in [5.74, 6) is -0.184. The summed E-state index contributed by atoms with van der Waals surface area (Å²) < 4.78 is 10.1. The molecule has 0 aromatic heterocycles. The first-order chi connectivity index (χ1) is 10.7. The highest BCUT2D eigenvalue weighted by atomic mass is 16.6. The van der Waals surface area contributed by atoms with Crippen LogP contribution >= 0.6 is 0 Å². The average molecular weight is 326 g/mol. The second-order valence-electron chi connectivity index (χ2n) is 6.97. The van der Waals surface area contributed by atoms with Gasteiger partial charge < -0.3 is 14.8 Å². The molecular weight excluding hydrogens is 300 g/mol. The van der Waals surface area contributed by atoms with E-state index in [0.717, 1.165) is 6.42 Å². The molecule has 8 heteroatoms. The summed E-state index contributed by atoms with van der Waals surface area (Å²) in [6.07, 6.45) is 0.960. The third kappa shape index (κ3) is 6.78. The van der Waals surface area contributed by atoms with E-state index in [9.17, 15) is 9.59 Å². The van der Waals surface area contributed by atoms with Crippen molar-refractivity contribution < 1.29 is 19.1 Å². The molecule has 8 nitrogen and oxygen atoms in total. The summed E-state index contributed by atoms with van der Waals surface area (Å²) in [4.78, 5) is 26.6. The van der Waals surface area contributed by atoms with Crippen molar-refractivity contribution in [2.75, 3.05) is 13.7 Å². The number of methoxy groups -OCH3 is 1. The minimum atomic E-state index is -0.596. The predicted octanol–water partition coefficient (Wildman–Crippen LogP) is 3.03. The lowest BCUT2D eigenvalue weighted by molar-refractivity contribution is -0.146. The molecule has 0 bridgehead atoms. The number of esters is 1. The molecule has 1 aliphatic rings. The van der Waals surface area contributed by atoms with E-state index in [1.54, 1.807) is 27.7 Å². The lowest BCUT2D eigenvalue weighted by atomic mass is 9.94. The number of nitrogens with one attached hydrogen (secondary N) is 1. The zero-order valence-corrected chi connectivity index (χ0v) is 14.4. The third-order valence-corrected chi connectivity index (χ3v) is 3.86. The van der Waals surface area contributed by atoms with Crippen molar-refractivity contribution in [2.45, 2.75) is 52.2 Å². The molecule has 1 saturated carbocycles. The van der Waals surface area contributed by atoms with Crippen LogP contribution in [0.2, 0.25) is 0 Å². The summed E-state index contributed by atoms with van der Waals surface area (Å²) in [6, 6.07) is -0.405. The van der Waals surface area contributed by atoms with Crippen LogP contribution in [0.4, 0.5) is 4.79 Å². The molecule has 0 aromatic rings. The number of rotatable bonds is 7. The van der Waals surface area contributed by atoms with Crippen molar-refractivity contribution in [3.05, 3.63) is 10.4 Å². The van der Waals surface area contributed by atoms with Crippen LogP contribution < -0.4 is 5.32 Å². The lowest BCUT2D eigenvalue weighted by Crippen LogP contribution is -2.44. The van der Waals surface area contributed by atoms with Crippen molar-refractivity contribution >= 4 is 12.1 Å². The minimum Gasteiger partial charge on any atom is -0.469 e. The normalized spacial score (nSPS) is 22.3. The summed E-state index contributed by atoms with van der Waals surface area (Å²) in [7, 11) is 1.33. The number of carbonyl (C=O) groups excluding carboxylic acids is 2. The average Bonchev–Trinajstić information content (AvgIpc) is 3.17. The number of alkyl carbamates (subject to hydrolysis) is 1. The summed E-state index contributed by atoms with van der Waals surface area (Å²) in [5, 5.41) is 6.26. The van der Waals surface area contributed by atoms with E-state index in [4.69, 9.17) is 15.0 Å². The topological polar surface area (TPSA) is 113 Å². The first-order valence-electron chi connectivity index (χ1n) is 7.76. The molecule has 1 aliphatic carbocycles. The van der Waals surface area contributed by atoms with E-state index in [2.05, 4.69) is 15.3 Å². The SMILES string of the molecule is COC(=O)[C@H](CC1CC1CN=[N+]=[N-])[C@@H](C)NC(=O)OC(C)(C)C. The van der Waals surface area contributed by atoms with E-state index in [1.807, 2.05) is 0 Å². The second-order valence-corrected chi connectivity index (χ2v) is 6.97. The van der Waals surface area contributed by atoms with Gasteiger partial charge in [0.1, 0.15) is 5.60 Å². The molecule has 0 aliphatic heterocycles. The Bertz CT molecular complexity index is 482. The van der Waals surface area contributed by atoms with Gasteiger partial charge in [-0.05, 0) is 57.9 Å². The van der Waals surface area contributed by atoms with Gasteiger partial charge in [0, 0.05) is 17.5 Å². The van der Waals surface area contributed by atoms with Crippen LogP contribution in [0.15, 0.2) is 5.11 Å². The second kappa shape index (κ2) is 8.06. The first kappa shape index (κ1) is 19.1. The molecule has 0 radical (unpaired) electrons. The molecule has 1 fully saturated rings. The van der Waals surface area contributed by atoms with Crippen LogP contribution in [0.5, 0.6) is 0 Å². The van der Waals surface area contributed by atoms with E-state index in [0.29, 0.717) is 24.8 Å². The smallest absolute Gasteiger partial charge is 0.407 e. The first-order valence-corrected chi connectivity index (χ1v) is 7.76. The summed E-state index contributed by atoms with van der Waals surface area (Å²) in [5.41, 5.74) is 7.74. The van der Waals surface area contributed by atoms with Crippen molar-refractivity contribution in [1.29, 1.82) is 0 Å². The van der Waals surface area contributed by atoms with E-state index in [-0.39, 0.29) is 5.97 Å². The maximum absolute atomic E-state index is 12.0. The maximum Gasteiger partial charge on any atom is 0.407 e. The Morgan fingerprint density at radius 1 is 1.39 bits per heavy atom. The molecule has 0 heterocycles. The van der Waals surface area contributed by atoms with Crippen molar-refractivity contribution in [2.24, 2.45) is 22.9 Å². The van der Waals surface area contributed by atoms with Gasteiger partial charge in [0.15, 0.2) is 0 Å². The van der Waals surface area contributed by atoms with Gasteiger partial charge in [-0.3, -0.25) is 4.79 Å². The Kier molecular flexibility index (Phi) is 6.69. The molecule has 4 atom stereocenters. The van der Waals surface area contributed by atoms with Gasteiger partial charge in [0.2, 0.25) is 0 Å². The maximum atomic E-state index is 12.0. The quantitative estimate of drug-likeness (QED) is 0.335. The molecule has 0 aromatic carbocycles. The minimum absolute atomic E-state index is 0.312. The van der Waals surface area contributed by atoms with Gasteiger partial charge >= 0.3 is 12.1 Å². The van der Waals surface area contributed by atoms with E-state index >= 15 is 0 Å². The van der Waals surface area contributed by atoms with Crippen molar-refractivity contribution in [3.8, 4) is 0 Å². The largest absolute Gasteiger partial charge is 0.469 e. The molecule has 0 saturated heterocycles. The highest BCUT2D eigenvalue weighted by molar-refractivity contribution is 5.75. The molecule has 1 rings (SSSR count). The van der Waals surface area contributed by atoms with Gasteiger partial charge in [0.05, 0.1) is 13.0 Å². The number of hydrogen-bond donors (Lipinski definition) is 1. The molecule has 0 spiro atoms. The Hall–Kier alpha value is -1.95.